The molecular formula is C9H14N4OS. The minimum Gasteiger partial charge on any atom is -0.351 e. The molecule has 1 saturated heterocycles. The molecule has 0 bridgehead atoms. The van der Waals surface area contributed by atoms with Gasteiger partial charge in [-0.2, -0.15) is 8.75 Å². The Bertz CT molecular complexity index is 308. The summed E-state index contributed by atoms with van der Waals surface area (Å²) in [6, 6.07) is 0.568. The molecule has 1 aromatic heterocycles. The lowest BCUT2D eigenvalue weighted by Crippen LogP contribution is -2.30. The number of hydrogen-bond donors (Lipinski definition) is 2. The van der Waals surface area contributed by atoms with E-state index in [1.807, 2.05) is 0 Å². The van der Waals surface area contributed by atoms with Crippen LogP contribution in [0.1, 0.15) is 29.8 Å². The Hall–Kier alpha value is -1.01. The third-order valence-electron chi connectivity index (χ3n) is 2.53. The van der Waals surface area contributed by atoms with E-state index in [0.717, 1.165) is 24.7 Å². The van der Waals surface area contributed by atoms with E-state index in [2.05, 4.69) is 19.4 Å². The quantitative estimate of drug-likeness (QED) is 0.780. The van der Waals surface area contributed by atoms with Crippen LogP contribution >= 0.6 is 11.7 Å². The molecule has 0 aliphatic carbocycles. The molecule has 2 heterocycles. The standard InChI is InChI=1S/C9H14N4OS/c14-9(8-6-12-15-13-8)11-5-3-7-2-1-4-10-7/h6-7,10H,1-5H2,(H,11,14)/t7-/m0/s1. The van der Waals surface area contributed by atoms with Gasteiger partial charge in [0, 0.05) is 12.6 Å². The van der Waals surface area contributed by atoms with Gasteiger partial charge in [0.15, 0.2) is 5.69 Å². The summed E-state index contributed by atoms with van der Waals surface area (Å²) in [5, 5.41) is 6.23. The van der Waals surface area contributed by atoms with Crippen LogP contribution in [0.15, 0.2) is 6.20 Å². The number of rotatable bonds is 4. The van der Waals surface area contributed by atoms with Crippen molar-refractivity contribution in [2.24, 2.45) is 0 Å². The second-order valence-electron chi connectivity index (χ2n) is 3.63. The minimum absolute atomic E-state index is 0.123. The fourth-order valence-electron chi connectivity index (χ4n) is 1.72. The third kappa shape index (κ3) is 2.97. The molecule has 5 nitrogen and oxygen atoms in total. The van der Waals surface area contributed by atoms with Crippen LogP contribution < -0.4 is 10.6 Å². The zero-order chi connectivity index (χ0) is 10.5. The lowest BCUT2D eigenvalue weighted by atomic mass is 10.1. The summed E-state index contributed by atoms with van der Waals surface area (Å²) < 4.78 is 7.66. The summed E-state index contributed by atoms with van der Waals surface area (Å²) >= 11 is 1.05. The van der Waals surface area contributed by atoms with Gasteiger partial charge >= 0.3 is 0 Å². The van der Waals surface area contributed by atoms with Crippen molar-refractivity contribution in [3.63, 3.8) is 0 Å². The van der Waals surface area contributed by atoms with E-state index in [0.29, 0.717) is 18.3 Å². The first-order valence-electron chi connectivity index (χ1n) is 5.15. The molecule has 2 rings (SSSR count). The average Bonchev–Trinajstić information content (AvgIpc) is 2.90. The zero-order valence-corrected chi connectivity index (χ0v) is 9.22. The van der Waals surface area contributed by atoms with E-state index in [-0.39, 0.29) is 5.91 Å². The second-order valence-corrected chi connectivity index (χ2v) is 4.19. The molecule has 15 heavy (non-hydrogen) atoms. The van der Waals surface area contributed by atoms with Crippen LogP contribution in [-0.4, -0.2) is 33.8 Å². The molecule has 1 amide bonds. The Morgan fingerprint density at radius 1 is 1.73 bits per heavy atom. The Labute approximate surface area is 92.6 Å². The molecule has 1 aliphatic rings. The fourth-order valence-corrected chi connectivity index (χ4v) is 2.13. The van der Waals surface area contributed by atoms with E-state index in [1.165, 1.54) is 19.0 Å². The summed E-state index contributed by atoms with van der Waals surface area (Å²) in [6.07, 6.45) is 4.94. The number of hydrogen-bond acceptors (Lipinski definition) is 5. The van der Waals surface area contributed by atoms with E-state index < -0.39 is 0 Å². The molecule has 1 aliphatic heterocycles. The Balaban J connectivity index is 1.67. The normalized spacial score (nSPS) is 20.4. The van der Waals surface area contributed by atoms with E-state index in [4.69, 9.17) is 0 Å². The van der Waals surface area contributed by atoms with E-state index in [9.17, 15) is 4.79 Å². The Morgan fingerprint density at radius 3 is 3.33 bits per heavy atom. The maximum atomic E-state index is 11.5. The largest absolute Gasteiger partial charge is 0.351 e. The number of nitrogens with zero attached hydrogens (tertiary/aromatic N) is 2. The maximum Gasteiger partial charge on any atom is 0.272 e. The molecule has 6 heteroatoms. The molecule has 2 N–H and O–H groups in total. The van der Waals surface area contributed by atoms with Crippen molar-refractivity contribution in [2.45, 2.75) is 25.3 Å². The van der Waals surface area contributed by atoms with Crippen molar-refractivity contribution in [1.82, 2.24) is 19.4 Å². The van der Waals surface area contributed by atoms with Gasteiger partial charge in [-0.15, -0.1) is 0 Å². The van der Waals surface area contributed by atoms with Crippen molar-refractivity contribution in [2.75, 3.05) is 13.1 Å². The fraction of sp³-hybridized carbons (Fsp3) is 0.667. The molecule has 1 atom stereocenters. The summed E-state index contributed by atoms with van der Waals surface area (Å²) in [5.74, 6) is -0.123. The molecule has 0 spiro atoms. The van der Waals surface area contributed by atoms with Crippen LogP contribution in [-0.2, 0) is 0 Å². The van der Waals surface area contributed by atoms with Crippen LogP contribution in [0.5, 0.6) is 0 Å². The van der Waals surface area contributed by atoms with Gasteiger partial charge < -0.3 is 10.6 Å². The highest BCUT2D eigenvalue weighted by atomic mass is 32.1. The van der Waals surface area contributed by atoms with E-state index >= 15 is 0 Å². The smallest absolute Gasteiger partial charge is 0.272 e. The maximum absolute atomic E-state index is 11.5. The Kier molecular flexibility index (Phi) is 3.63. The first kappa shape index (κ1) is 10.5. The van der Waals surface area contributed by atoms with Crippen molar-refractivity contribution < 1.29 is 4.79 Å². The first-order chi connectivity index (χ1) is 7.36. The molecule has 0 unspecified atom stereocenters. The monoisotopic (exact) mass is 226 g/mol. The van der Waals surface area contributed by atoms with Crippen molar-refractivity contribution in [3.05, 3.63) is 11.9 Å². The summed E-state index contributed by atoms with van der Waals surface area (Å²) in [5.41, 5.74) is 0.416. The predicted molar refractivity (Wildman–Crippen MR) is 57.9 cm³/mol. The van der Waals surface area contributed by atoms with Gasteiger partial charge in [0.2, 0.25) is 0 Å². The predicted octanol–water partition coefficient (Wildman–Crippen LogP) is 0.410. The molecule has 82 valence electrons. The van der Waals surface area contributed by atoms with Crippen molar-refractivity contribution >= 4 is 17.6 Å². The topological polar surface area (TPSA) is 66.9 Å². The van der Waals surface area contributed by atoms with Gasteiger partial charge in [-0.05, 0) is 25.8 Å². The van der Waals surface area contributed by atoms with Gasteiger partial charge in [0.05, 0.1) is 17.9 Å². The highest BCUT2D eigenvalue weighted by Crippen LogP contribution is 2.07. The molecule has 0 aromatic carbocycles. The number of carbonyl (C=O) groups is 1. The van der Waals surface area contributed by atoms with Crippen LogP contribution in [0.3, 0.4) is 0 Å². The lowest BCUT2D eigenvalue weighted by Gasteiger charge is -2.09. The molecule has 1 fully saturated rings. The van der Waals surface area contributed by atoms with Gasteiger partial charge in [-0.25, -0.2) is 0 Å². The van der Waals surface area contributed by atoms with Crippen LogP contribution in [0, 0.1) is 0 Å². The first-order valence-corrected chi connectivity index (χ1v) is 5.88. The minimum atomic E-state index is -0.123. The number of carbonyl (C=O) groups excluding carboxylic acids is 1. The Morgan fingerprint density at radius 2 is 2.67 bits per heavy atom. The highest BCUT2D eigenvalue weighted by molar-refractivity contribution is 6.99. The average molecular weight is 226 g/mol. The highest BCUT2D eigenvalue weighted by Gasteiger charge is 2.14. The zero-order valence-electron chi connectivity index (χ0n) is 8.40. The molecular weight excluding hydrogens is 212 g/mol. The number of aromatic nitrogens is 2. The number of amides is 1. The second kappa shape index (κ2) is 5.18. The SMILES string of the molecule is O=C(NCC[C@@H]1CCCN1)c1cnsn1. The summed E-state index contributed by atoms with van der Waals surface area (Å²) in [4.78, 5) is 11.5. The molecule has 0 radical (unpaired) electrons. The van der Waals surface area contributed by atoms with Gasteiger partial charge in [-0.1, -0.05) is 0 Å². The van der Waals surface area contributed by atoms with Crippen LogP contribution in [0.4, 0.5) is 0 Å². The molecule has 0 saturated carbocycles. The third-order valence-corrected chi connectivity index (χ3v) is 3.01. The van der Waals surface area contributed by atoms with Gasteiger partial charge in [0.25, 0.3) is 5.91 Å². The van der Waals surface area contributed by atoms with Crippen LogP contribution in [0.25, 0.3) is 0 Å². The number of nitrogens with one attached hydrogen (secondary N) is 2. The van der Waals surface area contributed by atoms with Crippen LogP contribution in [0.2, 0.25) is 0 Å². The van der Waals surface area contributed by atoms with E-state index in [1.54, 1.807) is 0 Å². The van der Waals surface area contributed by atoms with Gasteiger partial charge in [-0.3, -0.25) is 4.79 Å². The van der Waals surface area contributed by atoms with Gasteiger partial charge in [0.1, 0.15) is 0 Å². The van der Waals surface area contributed by atoms with Crippen molar-refractivity contribution in [3.8, 4) is 0 Å². The summed E-state index contributed by atoms with van der Waals surface area (Å²) in [7, 11) is 0. The van der Waals surface area contributed by atoms with Crippen molar-refractivity contribution in [1.29, 1.82) is 0 Å². The molecule has 1 aromatic rings. The lowest BCUT2D eigenvalue weighted by molar-refractivity contribution is 0.0948. The summed E-state index contributed by atoms with van der Waals surface area (Å²) in [6.45, 7) is 1.81.